The number of anilines is 1. The zero-order valence-corrected chi connectivity index (χ0v) is 16.3. The van der Waals surface area contributed by atoms with Crippen molar-refractivity contribution in [1.82, 2.24) is 16.2 Å². The monoisotopic (exact) mass is 390 g/mol. The Labute approximate surface area is 164 Å². The van der Waals surface area contributed by atoms with Gasteiger partial charge in [0.2, 0.25) is 11.8 Å². The highest BCUT2D eigenvalue weighted by atomic mass is 32.1. The summed E-state index contributed by atoms with van der Waals surface area (Å²) in [6, 6.07) is 6.51. The van der Waals surface area contributed by atoms with Crippen molar-refractivity contribution in [2.24, 2.45) is 5.92 Å². The molecule has 0 saturated heterocycles. The van der Waals surface area contributed by atoms with Gasteiger partial charge in [-0.1, -0.05) is 19.8 Å². The van der Waals surface area contributed by atoms with Gasteiger partial charge in [0.15, 0.2) is 5.11 Å². The van der Waals surface area contributed by atoms with Gasteiger partial charge in [0.1, 0.15) is 0 Å². The van der Waals surface area contributed by atoms with Crippen LogP contribution in [-0.4, -0.2) is 22.8 Å². The molecule has 0 bridgehead atoms. The lowest BCUT2D eigenvalue weighted by molar-refractivity contribution is -0.120. The van der Waals surface area contributed by atoms with Crippen molar-refractivity contribution < 1.29 is 14.4 Å². The Balaban J connectivity index is 1.73. The molecule has 1 aromatic rings. The van der Waals surface area contributed by atoms with Crippen LogP contribution < -0.4 is 21.5 Å². The minimum absolute atomic E-state index is 0.0601. The van der Waals surface area contributed by atoms with E-state index < -0.39 is 5.91 Å². The van der Waals surface area contributed by atoms with Crippen molar-refractivity contribution >= 4 is 40.7 Å². The van der Waals surface area contributed by atoms with Crippen LogP contribution >= 0.6 is 12.2 Å². The van der Waals surface area contributed by atoms with Gasteiger partial charge in [0, 0.05) is 24.1 Å². The van der Waals surface area contributed by atoms with E-state index in [1.807, 2.05) is 6.92 Å². The van der Waals surface area contributed by atoms with Crippen LogP contribution in [0.1, 0.15) is 62.2 Å². The van der Waals surface area contributed by atoms with E-state index in [0.29, 0.717) is 30.0 Å². The zero-order chi connectivity index (χ0) is 19.6. The number of carbonyl (C=O) groups excluding carboxylic acids is 3. The number of hydrogen-bond acceptors (Lipinski definition) is 4. The highest BCUT2D eigenvalue weighted by Crippen LogP contribution is 2.27. The second-order valence-electron chi connectivity index (χ2n) is 6.69. The molecule has 4 N–H and O–H groups in total. The molecule has 27 heavy (non-hydrogen) atoms. The molecule has 1 saturated carbocycles. The summed E-state index contributed by atoms with van der Waals surface area (Å²) in [6.45, 7) is 1.93. The minimum Gasteiger partial charge on any atom is -0.326 e. The van der Waals surface area contributed by atoms with E-state index in [-0.39, 0.29) is 16.9 Å². The summed E-state index contributed by atoms with van der Waals surface area (Å²) in [4.78, 5) is 35.6. The molecular weight excluding hydrogens is 364 g/mol. The third-order valence-corrected chi connectivity index (χ3v) is 4.60. The third kappa shape index (κ3) is 7.34. The fraction of sp³-hybridized carbons (Fsp3) is 0.474. The molecule has 0 aromatic heterocycles. The van der Waals surface area contributed by atoms with Crippen LogP contribution in [0.4, 0.5) is 5.69 Å². The van der Waals surface area contributed by atoms with E-state index in [0.717, 1.165) is 19.3 Å². The van der Waals surface area contributed by atoms with Crippen LogP contribution in [0.2, 0.25) is 0 Å². The molecule has 0 unspecified atom stereocenters. The van der Waals surface area contributed by atoms with Crippen LogP contribution in [0.5, 0.6) is 0 Å². The van der Waals surface area contributed by atoms with Crippen molar-refractivity contribution in [2.75, 3.05) is 5.32 Å². The summed E-state index contributed by atoms with van der Waals surface area (Å²) >= 11 is 5.03. The average Bonchev–Trinajstić information content (AvgIpc) is 3.13. The largest absolute Gasteiger partial charge is 0.326 e. The van der Waals surface area contributed by atoms with E-state index in [1.165, 1.54) is 12.8 Å². The number of nitrogens with one attached hydrogen (secondary N) is 4. The number of benzene rings is 1. The summed E-state index contributed by atoms with van der Waals surface area (Å²) in [7, 11) is 0. The average molecular weight is 391 g/mol. The maximum atomic E-state index is 12.1. The van der Waals surface area contributed by atoms with E-state index in [9.17, 15) is 14.4 Å². The summed E-state index contributed by atoms with van der Waals surface area (Å²) in [5.41, 5.74) is 6.01. The van der Waals surface area contributed by atoms with E-state index in [4.69, 9.17) is 12.2 Å². The van der Waals surface area contributed by atoms with E-state index >= 15 is 0 Å². The fourth-order valence-electron chi connectivity index (χ4n) is 3.03. The molecule has 8 heteroatoms. The Morgan fingerprint density at radius 3 is 2.33 bits per heavy atom. The van der Waals surface area contributed by atoms with Crippen LogP contribution in [0.15, 0.2) is 24.3 Å². The lowest BCUT2D eigenvalue weighted by Gasteiger charge is -2.13. The number of hydrogen-bond donors (Lipinski definition) is 4. The molecule has 0 aliphatic heterocycles. The van der Waals surface area contributed by atoms with Gasteiger partial charge in [-0.25, -0.2) is 0 Å². The molecule has 3 amide bonds. The topological polar surface area (TPSA) is 99.3 Å². The lowest BCUT2D eigenvalue weighted by atomic mass is 10.0. The number of hydrazine groups is 1. The first kappa shape index (κ1) is 20.8. The Morgan fingerprint density at radius 2 is 1.70 bits per heavy atom. The van der Waals surface area contributed by atoms with Gasteiger partial charge in [0.25, 0.3) is 5.91 Å². The maximum absolute atomic E-state index is 12.1. The first-order chi connectivity index (χ1) is 13.0. The van der Waals surface area contributed by atoms with Crippen LogP contribution in [0, 0.1) is 5.92 Å². The van der Waals surface area contributed by atoms with Crippen LogP contribution in [0.3, 0.4) is 0 Å². The Hall–Kier alpha value is -2.48. The smallest absolute Gasteiger partial charge is 0.269 e. The normalized spacial score (nSPS) is 13.7. The zero-order valence-electron chi connectivity index (χ0n) is 15.5. The molecule has 1 aromatic carbocycles. The molecule has 0 radical (unpaired) electrons. The van der Waals surface area contributed by atoms with Crippen LogP contribution in [-0.2, 0) is 9.59 Å². The van der Waals surface area contributed by atoms with E-state index in [2.05, 4.69) is 21.5 Å². The number of carbonyl (C=O) groups is 3. The molecule has 0 spiro atoms. The summed E-state index contributed by atoms with van der Waals surface area (Å²) in [5, 5.41) is 5.40. The first-order valence-electron chi connectivity index (χ1n) is 9.28. The number of rotatable bonds is 6. The van der Waals surface area contributed by atoms with Crippen molar-refractivity contribution in [3.8, 4) is 0 Å². The lowest BCUT2D eigenvalue weighted by Crippen LogP contribution is -2.48. The summed E-state index contributed by atoms with van der Waals surface area (Å²) in [5.74, 6) is -0.163. The second-order valence-corrected chi connectivity index (χ2v) is 7.09. The van der Waals surface area contributed by atoms with Crippen LogP contribution in [0.25, 0.3) is 0 Å². The molecule has 7 nitrogen and oxygen atoms in total. The molecule has 0 heterocycles. The predicted molar refractivity (Wildman–Crippen MR) is 108 cm³/mol. The molecular formula is C19H26N4O3S. The standard InChI is InChI=1S/C19H26N4O3S/c1-2-5-16(24)20-15-10-8-14(9-11-15)18(26)22-23-19(27)21-17(25)12-13-6-3-4-7-13/h8-11,13H,2-7,12H2,1H3,(H,20,24)(H,22,26)(H2,21,23,25,27). The molecule has 1 aliphatic rings. The molecule has 146 valence electrons. The minimum atomic E-state index is -0.395. The molecule has 0 atom stereocenters. The van der Waals surface area contributed by atoms with Crippen molar-refractivity contribution in [3.05, 3.63) is 29.8 Å². The van der Waals surface area contributed by atoms with Gasteiger partial charge in [0.05, 0.1) is 0 Å². The Bertz CT molecular complexity index is 685. The molecule has 1 aliphatic carbocycles. The molecule has 1 fully saturated rings. The van der Waals surface area contributed by atoms with Crippen molar-refractivity contribution in [3.63, 3.8) is 0 Å². The predicted octanol–water partition coefficient (Wildman–Crippen LogP) is 2.64. The first-order valence-corrected chi connectivity index (χ1v) is 9.69. The maximum Gasteiger partial charge on any atom is 0.269 e. The number of amides is 3. The number of thiocarbonyl (C=S) groups is 1. The molecule has 2 rings (SSSR count). The van der Waals surface area contributed by atoms with Gasteiger partial charge >= 0.3 is 0 Å². The Kier molecular flexibility index (Phi) is 8.19. The summed E-state index contributed by atoms with van der Waals surface area (Å²) < 4.78 is 0. The summed E-state index contributed by atoms with van der Waals surface area (Å²) in [6.07, 6.45) is 6.21. The Morgan fingerprint density at radius 1 is 1.04 bits per heavy atom. The van der Waals surface area contributed by atoms with Crippen molar-refractivity contribution in [1.29, 1.82) is 0 Å². The highest BCUT2D eigenvalue weighted by Gasteiger charge is 2.19. The van der Waals surface area contributed by atoms with Gasteiger partial charge in [-0.3, -0.25) is 25.2 Å². The quantitative estimate of drug-likeness (QED) is 0.442. The fourth-order valence-corrected chi connectivity index (χ4v) is 3.19. The third-order valence-electron chi connectivity index (χ3n) is 4.40. The van der Waals surface area contributed by atoms with Gasteiger partial charge < -0.3 is 10.6 Å². The van der Waals surface area contributed by atoms with E-state index in [1.54, 1.807) is 24.3 Å². The van der Waals surface area contributed by atoms with Gasteiger partial charge in [-0.15, -0.1) is 0 Å². The SMILES string of the molecule is CCCC(=O)Nc1ccc(C(=O)NNC(=S)NC(=O)CC2CCCC2)cc1. The highest BCUT2D eigenvalue weighted by molar-refractivity contribution is 7.80. The van der Waals surface area contributed by atoms with Gasteiger partial charge in [-0.05, 0) is 61.7 Å². The second kappa shape index (κ2) is 10.6. The van der Waals surface area contributed by atoms with Crippen molar-refractivity contribution in [2.45, 2.75) is 51.9 Å². The van der Waals surface area contributed by atoms with Gasteiger partial charge in [-0.2, -0.15) is 0 Å².